The maximum absolute atomic E-state index is 15.2. The first-order valence-corrected chi connectivity index (χ1v) is 17.6. The molecule has 8 nitrogen and oxygen atoms in total. The summed E-state index contributed by atoms with van der Waals surface area (Å²) in [7, 11) is 0. The fourth-order valence-corrected chi connectivity index (χ4v) is 10.3. The van der Waals surface area contributed by atoms with Crippen molar-refractivity contribution in [2.24, 2.45) is 46.3 Å². The summed E-state index contributed by atoms with van der Waals surface area (Å²) in [5.74, 6) is -11.6. The van der Waals surface area contributed by atoms with Gasteiger partial charge in [-0.25, -0.2) is 0 Å². The maximum atomic E-state index is 15.2. The third kappa shape index (κ3) is 4.80. The molecule has 3 saturated carbocycles. The van der Waals surface area contributed by atoms with Gasteiger partial charge in [-0.2, -0.15) is 0 Å². The fourth-order valence-electron chi connectivity index (χ4n) is 10.3. The van der Waals surface area contributed by atoms with Crippen molar-refractivity contribution in [2.75, 3.05) is 0 Å². The predicted molar refractivity (Wildman–Crippen MR) is 183 cm³/mol. The van der Waals surface area contributed by atoms with Gasteiger partial charge in [0.2, 0.25) is 0 Å². The van der Waals surface area contributed by atoms with E-state index in [1.54, 1.807) is 39.8 Å². The molecule has 2 N–H and O–H groups in total. The Morgan fingerprint density at radius 1 is 0.939 bits per heavy atom. The first-order chi connectivity index (χ1) is 23.0. The third-order valence-corrected chi connectivity index (χ3v) is 12.7. The lowest BCUT2D eigenvalue weighted by Crippen LogP contribution is -2.80. The van der Waals surface area contributed by atoms with Crippen molar-refractivity contribution < 1.29 is 39.0 Å². The van der Waals surface area contributed by atoms with E-state index >= 15 is 4.79 Å². The van der Waals surface area contributed by atoms with E-state index in [0.717, 1.165) is 37.3 Å². The molecule has 6 rings (SSSR count). The van der Waals surface area contributed by atoms with Crippen LogP contribution in [-0.4, -0.2) is 50.5 Å². The quantitative estimate of drug-likeness (QED) is 0.349. The van der Waals surface area contributed by atoms with Crippen LogP contribution in [0.2, 0.25) is 0 Å². The molecular formula is C41H46O8. The van der Waals surface area contributed by atoms with Crippen LogP contribution >= 0.6 is 0 Å². The number of allylic oxidation sites excluding steroid dienone is 1. The summed E-state index contributed by atoms with van der Waals surface area (Å²) >= 11 is 0. The van der Waals surface area contributed by atoms with E-state index in [1.165, 1.54) is 6.07 Å². The van der Waals surface area contributed by atoms with Crippen LogP contribution in [0.4, 0.5) is 0 Å². The molecule has 0 saturated heterocycles. The summed E-state index contributed by atoms with van der Waals surface area (Å²) in [4.78, 5) is 86.2. The number of aliphatic hydroxyl groups is 1. The Hall–Kier alpha value is -4.04. The van der Waals surface area contributed by atoms with Crippen LogP contribution in [0.5, 0.6) is 5.75 Å². The van der Waals surface area contributed by atoms with E-state index in [9.17, 15) is 34.2 Å². The van der Waals surface area contributed by atoms with Crippen LogP contribution in [0.3, 0.4) is 0 Å². The maximum Gasteiger partial charge on any atom is 0.190 e. The van der Waals surface area contributed by atoms with Gasteiger partial charge in [0.15, 0.2) is 28.7 Å². The normalized spacial score (nSPS) is 34.1. The van der Waals surface area contributed by atoms with Gasteiger partial charge in [0.1, 0.15) is 23.2 Å². The van der Waals surface area contributed by atoms with Gasteiger partial charge in [0.25, 0.3) is 0 Å². The van der Waals surface area contributed by atoms with Crippen LogP contribution in [0.1, 0.15) is 100 Å². The molecule has 2 aromatic rings. The zero-order chi connectivity index (χ0) is 35.8. The summed E-state index contributed by atoms with van der Waals surface area (Å²) in [6.07, 6.45) is 5.82. The second kappa shape index (κ2) is 12.1. The Labute approximate surface area is 287 Å². The molecule has 8 heteroatoms. The Morgan fingerprint density at radius 2 is 1.57 bits per heavy atom. The van der Waals surface area contributed by atoms with Gasteiger partial charge >= 0.3 is 0 Å². The van der Waals surface area contributed by atoms with Crippen molar-refractivity contribution >= 4 is 46.3 Å². The third-order valence-electron chi connectivity index (χ3n) is 12.7. The van der Waals surface area contributed by atoms with Crippen LogP contribution in [0.15, 0.2) is 42.5 Å². The molecule has 3 unspecified atom stereocenters. The number of hydrogen-bond donors (Lipinski definition) is 2. The van der Waals surface area contributed by atoms with Gasteiger partial charge in [-0.3, -0.25) is 28.8 Å². The number of rotatable bonds is 6. The molecule has 3 fully saturated rings. The van der Waals surface area contributed by atoms with E-state index in [-0.39, 0.29) is 29.4 Å². The molecule has 2 aromatic carbocycles. The molecule has 0 radical (unpaired) electrons. The fraction of sp³-hybridized carbons (Fsp3) is 0.512. The zero-order valence-corrected chi connectivity index (χ0v) is 29.2. The molecular weight excluding hydrogens is 620 g/mol. The number of Topliss-reactive ketones (excluding diaryl/α,β-unsaturated/α-hetero) is 6. The van der Waals surface area contributed by atoms with Crippen molar-refractivity contribution in [3.63, 3.8) is 0 Å². The highest BCUT2D eigenvalue weighted by Gasteiger charge is 2.80. The number of aryl methyl sites for hydroxylation is 1. The minimum Gasteiger partial charge on any atom is -0.507 e. The smallest absolute Gasteiger partial charge is 0.190 e. The predicted octanol–water partition coefficient (Wildman–Crippen LogP) is 6.17. The number of phenolic OH excluding ortho intramolecular Hbond substituents is 1. The number of hydrogen-bond acceptors (Lipinski definition) is 8. The molecule has 4 aliphatic rings. The highest BCUT2D eigenvalue weighted by molar-refractivity contribution is 6.34. The molecule has 0 amide bonds. The Kier molecular flexibility index (Phi) is 8.58. The number of phenols is 1. The highest BCUT2D eigenvalue weighted by atomic mass is 16.3. The topological polar surface area (TPSA) is 143 Å². The molecule has 258 valence electrons. The first-order valence-electron chi connectivity index (χ1n) is 17.6. The average Bonchev–Trinajstić information content (AvgIpc) is 3.04. The van der Waals surface area contributed by atoms with E-state index in [1.807, 2.05) is 37.3 Å². The average molecular weight is 667 g/mol. The van der Waals surface area contributed by atoms with E-state index in [2.05, 4.69) is 0 Å². The second-order valence-corrected chi connectivity index (χ2v) is 15.7. The van der Waals surface area contributed by atoms with E-state index in [4.69, 9.17) is 0 Å². The summed E-state index contributed by atoms with van der Waals surface area (Å²) in [5, 5.41) is 24.0. The van der Waals surface area contributed by atoms with Gasteiger partial charge in [-0.15, -0.1) is 0 Å². The monoisotopic (exact) mass is 666 g/mol. The van der Waals surface area contributed by atoms with Crippen molar-refractivity contribution in [3.8, 4) is 5.75 Å². The lowest BCUT2D eigenvalue weighted by molar-refractivity contribution is -0.218. The summed E-state index contributed by atoms with van der Waals surface area (Å²) < 4.78 is 0. The molecule has 4 aliphatic carbocycles. The molecule has 0 heterocycles. The molecule has 49 heavy (non-hydrogen) atoms. The summed E-state index contributed by atoms with van der Waals surface area (Å²) in [5.41, 5.74) is -3.77. The first kappa shape index (κ1) is 34.8. The summed E-state index contributed by atoms with van der Waals surface area (Å²) in [6.45, 7) is 9.84. The van der Waals surface area contributed by atoms with E-state index in [0.29, 0.717) is 24.0 Å². The second-order valence-electron chi connectivity index (χ2n) is 15.7. The van der Waals surface area contributed by atoms with Crippen LogP contribution < -0.4 is 0 Å². The van der Waals surface area contributed by atoms with Crippen LogP contribution in [-0.2, 0) is 24.0 Å². The molecule has 0 bridgehead atoms. The standard InChI is InChI=1S/C41H46O8/c1-21(2)33-35(45)31(23(4)42)37(47)41(49)38(48)34-36(46)32-26(13-10-14-28(32)43)27(19-24-17-15-22(3)16-18-24)39(34,5)30(40(33,41)6)20-29(44)25-11-8-7-9-12-25/h10,13-19,21,25,30-31,33-34,43,49H,7-9,11-12,20H2,1-6H3/b27-19+/t30-,31?,33?,34?,39-,40-,41+/m1/s1. The zero-order valence-electron chi connectivity index (χ0n) is 29.2. The Morgan fingerprint density at radius 3 is 2.16 bits per heavy atom. The summed E-state index contributed by atoms with van der Waals surface area (Å²) in [6, 6.07) is 12.3. The number of aromatic hydroxyl groups is 1. The van der Waals surface area contributed by atoms with Gasteiger partial charge in [0.05, 0.1) is 11.5 Å². The highest BCUT2D eigenvalue weighted by Crippen LogP contribution is 2.70. The Bertz CT molecular complexity index is 1810. The molecule has 0 aromatic heterocycles. The van der Waals surface area contributed by atoms with Crippen LogP contribution in [0, 0.1) is 53.3 Å². The molecule has 0 aliphatic heterocycles. The van der Waals surface area contributed by atoms with Crippen LogP contribution in [0.25, 0.3) is 11.6 Å². The van der Waals surface area contributed by atoms with Gasteiger partial charge in [-0.05, 0) is 61.3 Å². The van der Waals surface area contributed by atoms with Crippen molar-refractivity contribution in [2.45, 2.75) is 85.7 Å². The largest absolute Gasteiger partial charge is 0.507 e. The van der Waals surface area contributed by atoms with E-state index < -0.39 is 74.9 Å². The minimum absolute atomic E-state index is 0.0949. The van der Waals surface area contributed by atoms with Gasteiger partial charge in [0, 0.05) is 29.1 Å². The number of carbonyl (C=O) groups is 6. The SMILES string of the molecule is CC(=O)C1C(=O)C(C(C)C)[C@@]2(C)[C@H](CC(=O)C3CCCCC3)[C@@]3(C)/C(=C/c4ccc(C)cc4)c4cccc(O)c4C(=O)C3C(=O)[C@@]2(O)C1=O. The number of benzene rings is 2. The lowest BCUT2D eigenvalue weighted by Gasteiger charge is -2.66. The van der Waals surface area contributed by atoms with Gasteiger partial charge < -0.3 is 10.2 Å². The number of fused-ring (bicyclic) bond motifs is 3. The minimum atomic E-state index is -2.93. The van der Waals surface area contributed by atoms with Crippen molar-refractivity contribution in [1.82, 2.24) is 0 Å². The van der Waals surface area contributed by atoms with Gasteiger partial charge in [-0.1, -0.05) is 95.0 Å². The molecule has 7 atom stereocenters. The number of ketones is 6. The Balaban J connectivity index is 1.72. The lowest BCUT2D eigenvalue weighted by atomic mass is 9.34. The van der Waals surface area contributed by atoms with Crippen molar-refractivity contribution in [1.29, 1.82) is 0 Å². The number of carbonyl (C=O) groups excluding carboxylic acids is 6. The molecule has 0 spiro atoms. The van der Waals surface area contributed by atoms with Crippen molar-refractivity contribution in [3.05, 3.63) is 64.7 Å².